The van der Waals surface area contributed by atoms with Gasteiger partial charge in [-0.3, -0.25) is 4.99 Å². The molecule has 9 nitrogen and oxygen atoms in total. The molecular formula is C43H85NO8. The smallest absolute Gasteiger partial charge is 0.129 e. The van der Waals surface area contributed by atoms with Gasteiger partial charge < -0.3 is 39.0 Å². The number of ether oxygens (including phenoxy) is 5. The quantitative estimate of drug-likeness (QED) is 0.240. The molecule has 3 unspecified atom stereocenters. The highest BCUT2D eigenvalue weighted by molar-refractivity contribution is 5.89. The molecule has 310 valence electrons. The molecule has 12 atom stereocenters. The second kappa shape index (κ2) is 28.0. The molecular weight excluding hydrogens is 658 g/mol. The van der Waals surface area contributed by atoms with Gasteiger partial charge >= 0.3 is 0 Å². The van der Waals surface area contributed by atoms with Crippen LogP contribution in [0.3, 0.4) is 0 Å². The van der Waals surface area contributed by atoms with E-state index >= 15 is 0 Å². The Morgan fingerprint density at radius 1 is 0.865 bits per heavy atom. The highest BCUT2D eigenvalue weighted by Crippen LogP contribution is 2.38. The topological polar surface area (TPSA) is 119 Å². The third-order valence-corrected chi connectivity index (χ3v) is 10.7. The number of aliphatic imine (C=N–C) groups is 1. The van der Waals surface area contributed by atoms with Crippen LogP contribution in [0, 0.1) is 35.5 Å². The predicted octanol–water partition coefficient (Wildman–Crippen LogP) is 8.66. The average molecular weight is 744 g/mol. The average Bonchev–Trinajstić information content (AvgIpc) is 3.13. The molecule has 2 aliphatic rings. The summed E-state index contributed by atoms with van der Waals surface area (Å²) in [5, 5.41) is 32.2. The Morgan fingerprint density at radius 2 is 1.38 bits per heavy atom. The molecule has 0 aromatic carbocycles. The van der Waals surface area contributed by atoms with Crippen molar-refractivity contribution in [2.24, 2.45) is 28.7 Å². The van der Waals surface area contributed by atoms with Crippen molar-refractivity contribution in [3.8, 4) is 11.8 Å². The van der Waals surface area contributed by atoms with Gasteiger partial charge in [0.1, 0.15) is 17.8 Å². The number of hydrogen-bond acceptors (Lipinski definition) is 9. The molecule has 3 N–H and O–H groups in total. The zero-order valence-corrected chi connectivity index (χ0v) is 37.2. The van der Waals surface area contributed by atoms with Gasteiger partial charge in [-0.1, -0.05) is 81.7 Å². The molecule has 0 bridgehead atoms. The fraction of sp³-hybridized carbons (Fsp3) is 0.884. The van der Waals surface area contributed by atoms with Gasteiger partial charge in [0.2, 0.25) is 0 Å². The third kappa shape index (κ3) is 17.3. The first-order valence-corrected chi connectivity index (χ1v) is 19.7. The summed E-state index contributed by atoms with van der Waals surface area (Å²) >= 11 is 0. The third-order valence-electron chi connectivity index (χ3n) is 10.7. The van der Waals surface area contributed by atoms with Crippen LogP contribution < -0.4 is 0 Å². The Hall–Kier alpha value is -1.51. The van der Waals surface area contributed by atoms with E-state index in [9.17, 15) is 15.3 Å². The minimum Gasteiger partial charge on any atom is -0.492 e. The summed E-state index contributed by atoms with van der Waals surface area (Å²) < 4.78 is 28.5. The molecule has 2 fully saturated rings. The Balaban J connectivity index is -0.000000926. The van der Waals surface area contributed by atoms with E-state index in [1.165, 1.54) is 12.8 Å². The van der Waals surface area contributed by atoms with Gasteiger partial charge in [-0.05, 0) is 72.6 Å². The van der Waals surface area contributed by atoms with Crippen molar-refractivity contribution < 1.29 is 39.0 Å². The van der Waals surface area contributed by atoms with E-state index in [1.807, 2.05) is 62.3 Å². The van der Waals surface area contributed by atoms with Crippen LogP contribution >= 0.6 is 0 Å². The Kier molecular flexibility index (Phi) is 29.5. The summed E-state index contributed by atoms with van der Waals surface area (Å²) in [6, 6.07) is 0. The summed E-state index contributed by atoms with van der Waals surface area (Å²) in [5.41, 5.74) is -1.42. The number of methoxy groups -OCH3 is 3. The normalized spacial score (nSPS) is 37.6. The van der Waals surface area contributed by atoms with E-state index in [1.54, 1.807) is 35.3 Å². The number of hydrogen-bond donors (Lipinski definition) is 3. The number of unbranched alkanes of at least 4 members (excludes halogenated alkanes) is 1. The maximum Gasteiger partial charge on any atom is 0.129 e. The minimum absolute atomic E-state index is 0.0694. The van der Waals surface area contributed by atoms with E-state index in [0.29, 0.717) is 18.8 Å². The predicted molar refractivity (Wildman–Crippen MR) is 219 cm³/mol. The Labute approximate surface area is 321 Å². The Morgan fingerprint density at radius 3 is 1.75 bits per heavy atom. The number of aliphatic hydroxyl groups is 3. The molecule has 2 rings (SSSR count). The van der Waals surface area contributed by atoms with Crippen LogP contribution in [0.4, 0.5) is 0 Å². The molecule has 0 aromatic heterocycles. The summed E-state index contributed by atoms with van der Waals surface area (Å²) in [7, 11) is 6.83. The second-order valence-electron chi connectivity index (χ2n) is 14.8. The van der Waals surface area contributed by atoms with Crippen LogP contribution in [-0.2, 0) is 23.7 Å². The van der Waals surface area contributed by atoms with Crippen molar-refractivity contribution in [3.63, 3.8) is 0 Å². The van der Waals surface area contributed by atoms with E-state index in [0.717, 1.165) is 25.0 Å². The molecule has 52 heavy (non-hydrogen) atoms. The van der Waals surface area contributed by atoms with Crippen molar-refractivity contribution in [2.75, 3.05) is 35.0 Å². The van der Waals surface area contributed by atoms with E-state index in [-0.39, 0.29) is 35.9 Å². The number of nitrogens with zero attached hydrogens (tertiary/aromatic N) is 1. The van der Waals surface area contributed by atoms with Gasteiger partial charge in [-0.2, -0.15) is 0 Å². The molecule has 0 aromatic rings. The largest absolute Gasteiger partial charge is 0.492 e. The molecule has 2 saturated heterocycles. The minimum atomic E-state index is -1.48. The Bertz CT molecular complexity index is 1010. The molecule has 9 heteroatoms. The molecule has 2 heterocycles. The maximum atomic E-state index is 11.4. The van der Waals surface area contributed by atoms with Gasteiger partial charge in [0.05, 0.1) is 35.3 Å². The standard InChI is InChI=1S/C25H47NO5.C8H16O3.C4H10.C4H6.C2H6/c1-12-20-25(8,28)23(27)18(5)21(26-9)15(2)13-24(7,30-11)14-16(3)22(29-10)17(4)19(6)31-20;1-6-7(9)8(2,10-3)4-5-11-6;2*1-3-4-2;1-2/h15-18,20,22-23,27-28H,6,12-14H2,1-5,7-11H3;6-7,9H,4-5H2,1-3H3;3-4H2,1-2H3;1-2H3;1-2H3/t15-,16-,17+,18?,20-,22+,23?,24-,25-;6?,7-,8+;;;/m10.../s1. The molecule has 0 spiro atoms. The lowest BCUT2D eigenvalue weighted by Crippen LogP contribution is -2.55. The van der Waals surface area contributed by atoms with E-state index in [2.05, 4.69) is 58.0 Å². The highest BCUT2D eigenvalue weighted by Gasteiger charge is 2.46. The van der Waals surface area contributed by atoms with Crippen LogP contribution in [0.5, 0.6) is 0 Å². The van der Waals surface area contributed by atoms with Crippen LogP contribution in [0.2, 0.25) is 0 Å². The fourth-order valence-corrected chi connectivity index (χ4v) is 6.95. The van der Waals surface area contributed by atoms with Crippen LogP contribution in [0.25, 0.3) is 0 Å². The SMILES string of the molecule is C=C1O[C@H](CC)[C@@](C)(O)C(O)C(C)C(=NC)[C@H](C)C[C@@](C)(OC)C[C@@H](C)[C@H](OC)[C@H]1C.CC.CC#CC.CCCC.CO[C@]1(C)CCOC(C)[C@@H]1O. The zero-order valence-electron chi connectivity index (χ0n) is 37.2. The van der Waals surface area contributed by atoms with Gasteiger partial charge in [0, 0.05) is 59.0 Å². The first kappa shape index (κ1) is 54.8. The van der Waals surface area contributed by atoms with Crippen molar-refractivity contribution in [1.82, 2.24) is 0 Å². The first-order chi connectivity index (χ1) is 24.2. The maximum absolute atomic E-state index is 11.4. The zero-order chi connectivity index (χ0) is 41.5. The molecule has 2 aliphatic heterocycles. The first-order valence-electron chi connectivity index (χ1n) is 19.7. The molecule has 0 saturated carbocycles. The summed E-state index contributed by atoms with van der Waals surface area (Å²) in [6.45, 7) is 34.5. The van der Waals surface area contributed by atoms with Gasteiger partial charge in [0.25, 0.3) is 0 Å². The lowest BCUT2D eigenvalue weighted by Gasteiger charge is -2.43. The van der Waals surface area contributed by atoms with Gasteiger partial charge in [-0.25, -0.2) is 0 Å². The second-order valence-corrected chi connectivity index (χ2v) is 14.8. The molecule has 0 radical (unpaired) electrons. The van der Waals surface area contributed by atoms with Crippen LogP contribution in [0.1, 0.15) is 142 Å². The summed E-state index contributed by atoms with van der Waals surface area (Å²) in [5.74, 6) is 5.74. The van der Waals surface area contributed by atoms with Crippen LogP contribution in [-0.4, -0.2) is 103 Å². The summed E-state index contributed by atoms with van der Waals surface area (Å²) in [4.78, 5) is 4.53. The van der Waals surface area contributed by atoms with E-state index < -0.39 is 35.1 Å². The highest BCUT2D eigenvalue weighted by atomic mass is 16.5. The van der Waals surface area contributed by atoms with Crippen molar-refractivity contribution in [1.29, 1.82) is 0 Å². The molecule has 0 amide bonds. The van der Waals surface area contributed by atoms with Crippen LogP contribution in [0.15, 0.2) is 17.3 Å². The number of aliphatic hydroxyl groups excluding tert-OH is 2. The molecule has 0 aliphatic carbocycles. The van der Waals surface area contributed by atoms with Crippen molar-refractivity contribution >= 4 is 5.71 Å². The lowest BCUT2D eigenvalue weighted by molar-refractivity contribution is -0.188. The monoisotopic (exact) mass is 744 g/mol. The van der Waals surface area contributed by atoms with E-state index in [4.69, 9.17) is 23.7 Å². The van der Waals surface area contributed by atoms with Gasteiger partial charge in [0.15, 0.2) is 0 Å². The van der Waals surface area contributed by atoms with Crippen molar-refractivity contribution in [2.45, 2.75) is 190 Å². The fourth-order valence-electron chi connectivity index (χ4n) is 6.95. The lowest BCUT2D eigenvalue weighted by atomic mass is 9.74. The summed E-state index contributed by atoms with van der Waals surface area (Å²) in [6.07, 6.45) is 3.08. The van der Waals surface area contributed by atoms with Gasteiger partial charge in [-0.15, -0.1) is 11.8 Å². The number of rotatable bonds is 5. The van der Waals surface area contributed by atoms with Crippen molar-refractivity contribution in [3.05, 3.63) is 12.3 Å².